The molecule has 0 aliphatic carbocycles. The molecule has 0 saturated carbocycles. The second-order valence-electron chi connectivity index (χ2n) is 8.13. The summed E-state index contributed by atoms with van der Waals surface area (Å²) in [5.74, 6) is -0.545. The van der Waals surface area contributed by atoms with Gasteiger partial charge in [-0.2, -0.15) is 0 Å². The van der Waals surface area contributed by atoms with Gasteiger partial charge in [-0.15, -0.1) is 0 Å². The molecular weight excluding hydrogens is 434 g/mol. The number of rotatable bonds is 8. The standard InChI is InChI=1S/C26H27N3O5/c1-17-5-7-18(8-6-17)24(30)22-23(19-9-10-20(33-2)21(15-19)34-3)29(26(32)25(22)31)13-4-12-28-14-11-27-16-28/h5-11,14-16,23,30H,4,12-13H2,1-3H3. The quantitative estimate of drug-likeness (QED) is 0.312. The first kappa shape index (κ1) is 23.1. The third kappa shape index (κ3) is 4.39. The summed E-state index contributed by atoms with van der Waals surface area (Å²) in [4.78, 5) is 31.8. The number of carbonyl (C=O) groups is 2. The number of likely N-dealkylation sites (tertiary alicyclic amines) is 1. The van der Waals surface area contributed by atoms with Crippen molar-refractivity contribution < 1.29 is 24.2 Å². The van der Waals surface area contributed by atoms with Crippen molar-refractivity contribution in [2.45, 2.75) is 25.9 Å². The molecule has 0 spiro atoms. The second kappa shape index (κ2) is 9.82. The van der Waals surface area contributed by atoms with Crippen molar-refractivity contribution in [2.75, 3.05) is 20.8 Å². The molecule has 1 aliphatic heterocycles. The number of hydrogen-bond donors (Lipinski definition) is 1. The van der Waals surface area contributed by atoms with Gasteiger partial charge in [0.1, 0.15) is 5.76 Å². The summed E-state index contributed by atoms with van der Waals surface area (Å²) in [6, 6.07) is 11.7. The molecule has 1 N–H and O–H groups in total. The normalized spacial score (nSPS) is 17.3. The van der Waals surface area contributed by atoms with Crippen molar-refractivity contribution in [1.82, 2.24) is 14.5 Å². The number of aromatic nitrogens is 2. The molecule has 4 rings (SSSR count). The number of nitrogens with zero attached hydrogens (tertiary/aromatic N) is 3. The van der Waals surface area contributed by atoms with E-state index in [0.29, 0.717) is 42.1 Å². The Labute approximate surface area is 198 Å². The van der Waals surface area contributed by atoms with E-state index in [-0.39, 0.29) is 11.3 Å². The zero-order chi connectivity index (χ0) is 24.2. The molecule has 1 amide bonds. The molecule has 3 aromatic rings. The average Bonchev–Trinajstić information content (AvgIpc) is 3.46. The van der Waals surface area contributed by atoms with Crippen molar-refractivity contribution in [3.05, 3.63) is 83.4 Å². The van der Waals surface area contributed by atoms with Gasteiger partial charge in [-0.05, 0) is 31.0 Å². The minimum atomic E-state index is -0.760. The molecule has 1 saturated heterocycles. The number of methoxy groups -OCH3 is 2. The van der Waals surface area contributed by atoms with E-state index in [0.717, 1.165) is 5.56 Å². The van der Waals surface area contributed by atoms with Crippen LogP contribution < -0.4 is 9.47 Å². The Kier molecular flexibility index (Phi) is 6.67. The first-order valence-corrected chi connectivity index (χ1v) is 11.0. The number of Topliss-reactive ketones (excluding diaryl/α,β-unsaturated/α-hetero) is 1. The summed E-state index contributed by atoms with van der Waals surface area (Å²) in [6.07, 6.45) is 5.85. The van der Waals surface area contributed by atoms with Crippen LogP contribution in [0.1, 0.15) is 29.2 Å². The molecule has 1 fully saturated rings. The van der Waals surface area contributed by atoms with E-state index in [4.69, 9.17) is 9.47 Å². The molecule has 176 valence electrons. The smallest absolute Gasteiger partial charge is 0.295 e. The highest BCUT2D eigenvalue weighted by Crippen LogP contribution is 2.42. The number of benzene rings is 2. The van der Waals surface area contributed by atoms with Gasteiger partial charge >= 0.3 is 0 Å². The Hall–Kier alpha value is -4.07. The van der Waals surface area contributed by atoms with Crippen molar-refractivity contribution in [3.8, 4) is 11.5 Å². The molecule has 8 heteroatoms. The van der Waals surface area contributed by atoms with Crippen LogP contribution in [0.4, 0.5) is 0 Å². The summed E-state index contributed by atoms with van der Waals surface area (Å²) in [5, 5.41) is 11.2. The zero-order valence-electron chi connectivity index (χ0n) is 19.4. The topological polar surface area (TPSA) is 93.9 Å². The predicted octanol–water partition coefficient (Wildman–Crippen LogP) is 3.72. The van der Waals surface area contributed by atoms with E-state index < -0.39 is 17.7 Å². The largest absolute Gasteiger partial charge is 0.507 e. The van der Waals surface area contributed by atoms with E-state index in [9.17, 15) is 14.7 Å². The maximum absolute atomic E-state index is 13.2. The molecule has 1 unspecified atom stereocenters. The number of amides is 1. The fourth-order valence-electron chi connectivity index (χ4n) is 4.19. The number of imidazole rings is 1. The average molecular weight is 462 g/mol. The van der Waals surface area contributed by atoms with Crippen LogP contribution in [0.5, 0.6) is 11.5 Å². The third-order valence-corrected chi connectivity index (χ3v) is 5.96. The lowest BCUT2D eigenvalue weighted by atomic mass is 9.94. The molecular formula is C26H27N3O5. The van der Waals surface area contributed by atoms with Crippen LogP contribution in [-0.2, 0) is 16.1 Å². The predicted molar refractivity (Wildman–Crippen MR) is 127 cm³/mol. The van der Waals surface area contributed by atoms with Crippen LogP contribution in [0.3, 0.4) is 0 Å². The van der Waals surface area contributed by atoms with Crippen molar-refractivity contribution in [2.24, 2.45) is 0 Å². The van der Waals surface area contributed by atoms with Crippen LogP contribution in [0.2, 0.25) is 0 Å². The summed E-state index contributed by atoms with van der Waals surface area (Å²) in [7, 11) is 3.06. The highest BCUT2D eigenvalue weighted by molar-refractivity contribution is 6.46. The number of ketones is 1. The van der Waals surface area contributed by atoms with E-state index in [1.807, 2.05) is 29.8 Å². The van der Waals surface area contributed by atoms with Crippen LogP contribution in [0, 0.1) is 6.92 Å². The monoisotopic (exact) mass is 461 g/mol. The molecule has 34 heavy (non-hydrogen) atoms. The fraction of sp³-hybridized carbons (Fsp3) is 0.269. The van der Waals surface area contributed by atoms with E-state index in [1.165, 1.54) is 19.1 Å². The minimum Gasteiger partial charge on any atom is -0.507 e. The van der Waals surface area contributed by atoms with E-state index >= 15 is 0 Å². The summed E-state index contributed by atoms with van der Waals surface area (Å²) < 4.78 is 12.7. The highest BCUT2D eigenvalue weighted by atomic mass is 16.5. The lowest BCUT2D eigenvalue weighted by molar-refractivity contribution is -0.139. The number of carbonyl (C=O) groups excluding carboxylic acids is 2. The SMILES string of the molecule is COc1ccc(C2C(=C(O)c3ccc(C)cc3)C(=O)C(=O)N2CCCn2ccnc2)cc1OC. The Morgan fingerprint density at radius 1 is 1.03 bits per heavy atom. The van der Waals surface area contributed by atoms with Gasteiger partial charge in [0.05, 0.1) is 32.2 Å². The minimum absolute atomic E-state index is 0.0590. The van der Waals surface area contributed by atoms with Crippen LogP contribution in [-0.4, -0.2) is 52.0 Å². The van der Waals surface area contributed by atoms with Crippen LogP contribution in [0.25, 0.3) is 5.76 Å². The summed E-state index contributed by atoms with van der Waals surface area (Å²) >= 11 is 0. The Balaban J connectivity index is 1.77. The molecule has 0 radical (unpaired) electrons. The molecule has 1 atom stereocenters. The molecule has 1 aliphatic rings. The highest BCUT2D eigenvalue weighted by Gasteiger charge is 2.46. The van der Waals surface area contributed by atoms with E-state index in [2.05, 4.69) is 4.98 Å². The van der Waals surface area contributed by atoms with Crippen LogP contribution in [0.15, 0.2) is 66.8 Å². The third-order valence-electron chi connectivity index (χ3n) is 5.96. The van der Waals surface area contributed by atoms with Gasteiger partial charge in [0.2, 0.25) is 0 Å². The number of aryl methyl sites for hydroxylation is 2. The maximum Gasteiger partial charge on any atom is 0.295 e. The fourth-order valence-corrected chi connectivity index (χ4v) is 4.19. The number of ether oxygens (including phenoxy) is 2. The van der Waals surface area contributed by atoms with Gasteiger partial charge in [0.25, 0.3) is 11.7 Å². The van der Waals surface area contributed by atoms with Gasteiger partial charge in [-0.3, -0.25) is 9.59 Å². The Morgan fingerprint density at radius 3 is 2.41 bits per heavy atom. The van der Waals surface area contributed by atoms with Gasteiger partial charge in [0, 0.05) is 31.0 Å². The summed E-state index contributed by atoms with van der Waals surface area (Å²) in [6.45, 7) is 2.90. The van der Waals surface area contributed by atoms with E-state index in [1.54, 1.807) is 42.9 Å². The van der Waals surface area contributed by atoms with Gasteiger partial charge in [0.15, 0.2) is 11.5 Å². The molecule has 2 heterocycles. The number of aliphatic hydroxyl groups excluding tert-OH is 1. The number of hydrogen-bond acceptors (Lipinski definition) is 6. The molecule has 0 bridgehead atoms. The molecule has 2 aromatic carbocycles. The lowest BCUT2D eigenvalue weighted by Gasteiger charge is -2.26. The van der Waals surface area contributed by atoms with Gasteiger partial charge < -0.3 is 24.0 Å². The Morgan fingerprint density at radius 2 is 1.76 bits per heavy atom. The summed E-state index contributed by atoms with van der Waals surface area (Å²) in [5.41, 5.74) is 2.21. The first-order valence-electron chi connectivity index (χ1n) is 11.0. The maximum atomic E-state index is 13.2. The molecule has 8 nitrogen and oxygen atoms in total. The molecule has 1 aromatic heterocycles. The van der Waals surface area contributed by atoms with Crippen molar-refractivity contribution >= 4 is 17.4 Å². The zero-order valence-corrected chi connectivity index (χ0v) is 19.4. The van der Waals surface area contributed by atoms with Gasteiger partial charge in [-0.1, -0.05) is 35.9 Å². The lowest BCUT2D eigenvalue weighted by Crippen LogP contribution is -2.31. The van der Waals surface area contributed by atoms with Gasteiger partial charge in [-0.25, -0.2) is 4.98 Å². The van der Waals surface area contributed by atoms with Crippen LogP contribution >= 0.6 is 0 Å². The Bertz CT molecular complexity index is 1220. The first-order chi connectivity index (χ1) is 16.4. The van der Waals surface area contributed by atoms with Crippen molar-refractivity contribution in [1.29, 1.82) is 0 Å². The van der Waals surface area contributed by atoms with Crippen molar-refractivity contribution in [3.63, 3.8) is 0 Å². The second-order valence-corrected chi connectivity index (χ2v) is 8.13. The number of aliphatic hydroxyl groups is 1.